The molecule has 0 N–H and O–H groups in total. The molecule has 0 saturated heterocycles. The number of hydrogen-bond acceptors (Lipinski definition) is 2. The third kappa shape index (κ3) is 2.52. The highest BCUT2D eigenvalue weighted by Crippen LogP contribution is 2.43. The molecular formula is C12H19FNOP. The Bertz CT molecular complexity index is 409. The Morgan fingerprint density at radius 2 is 1.94 bits per heavy atom. The van der Waals surface area contributed by atoms with E-state index in [-0.39, 0.29) is 11.4 Å². The summed E-state index contributed by atoms with van der Waals surface area (Å²) in [4.78, 5) is 4.08. The number of aromatic nitrogens is 1. The molecule has 0 spiro atoms. The summed E-state index contributed by atoms with van der Waals surface area (Å²) in [5, 5.41) is 0. The summed E-state index contributed by atoms with van der Waals surface area (Å²) in [7, 11) is -2.61. The van der Waals surface area contributed by atoms with E-state index in [4.69, 9.17) is 0 Å². The molecule has 1 rings (SSSR count). The van der Waals surface area contributed by atoms with Gasteiger partial charge in [0.2, 0.25) is 0 Å². The highest BCUT2D eigenvalue weighted by molar-refractivity contribution is 7.71. The van der Waals surface area contributed by atoms with Crippen LogP contribution in [0.3, 0.4) is 0 Å². The molecular weight excluding hydrogens is 224 g/mol. The van der Waals surface area contributed by atoms with Gasteiger partial charge in [0.1, 0.15) is 12.6 Å². The summed E-state index contributed by atoms with van der Waals surface area (Å²) in [5.74, 6) is -0.183. The first-order valence-corrected chi connectivity index (χ1v) is 7.76. The first-order valence-electron chi connectivity index (χ1n) is 5.68. The first kappa shape index (κ1) is 13.4. The summed E-state index contributed by atoms with van der Waals surface area (Å²) < 4.78 is 26.2. The van der Waals surface area contributed by atoms with E-state index in [0.717, 1.165) is 5.56 Å². The molecule has 1 heterocycles. The zero-order valence-electron chi connectivity index (χ0n) is 10.3. The van der Waals surface area contributed by atoms with Crippen LogP contribution in [0.1, 0.15) is 39.2 Å². The molecule has 90 valence electrons. The fraction of sp³-hybridized carbons (Fsp3) is 0.583. The monoisotopic (exact) mass is 243 g/mol. The lowest BCUT2D eigenvalue weighted by atomic mass is 10.1. The molecule has 2 nitrogen and oxygen atoms in total. The molecule has 1 aromatic rings. The minimum Gasteiger partial charge on any atom is -0.317 e. The van der Waals surface area contributed by atoms with Crippen molar-refractivity contribution in [2.24, 2.45) is 0 Å². The highest BCUT2D eigenvalue weighted by atomic mass is 31.2. The van der Waals surface area contributed by atoms with Crippen molar-refractivity contribution in [1.29, 1.82) is 0 Å². The standard InChI is InChI=1S/C12H19FNOP/c1-5-16(15,6-2)12-11(13)7-10(8-14-12)9(3)4/h7-9H,5-6H2,1-4H3. The zero-order chi connectivity index (χ0) is 12.3. The van der Waals surface area contributed by atoms with Crippen LogP contribution in [0.2, 0.25) is 0 Å². The molecule has 0 aliphatic heterocycles. The molecule has 0 aliphatic carbocycles. The third-order valence-corrected chi connectivity index (χ3v) is 6.06. The van der Waals surface area contributed by atoms with Crippen LogP contribution in [-0.4, -0.2) is 17.3 Å². The summed E-state index contributed by atoms with van der Waals surface area (Å²) in [5.41, 5.74) is 1.02. The maximum Gasteiger partial charge on any atom is 0.152 e. The van der Waals surface area contributed by atoms with Crippen LogP contribution >= 0.6 is 7.14 Å². The van der Waals surface area contributed by atoms with Crippen molar-refractivity contribution in [3.63, 3.8) is 0 Å². The topological polar surface area (TPSA) is 30.0 Å². The maximum atomic E-state index is 13.8. The normalized spacial score (nSPS) is 12.1. The SMILES string of the molecule is CCP(=O)(CC)c1ncc(C(C)C)cc1F. The minimum atomic E-state index is -2.61. The van der Waals surface area contributed by atoms with Crippen LogP contribution in [0.15, 0.2) is 12.3 Å². The molecule has 0 aliphatic rings. The molecule has 0 amide bonds. The van der Waals surface area contributed by atoms with E-state index < -0.39 is 13.0 Å². The second-order valence-electron chi connectivity index (χ2n) is 4.25. The van der Waals surface area contributed by atoms with Crippen LogP contribution in [0, 0.1) is 5.82 Å². The molecule has 0 bridgehead atoms. The Kier molecular flexibility index (Phi) is 4.26. The van der Waals surface area contributed by atoms with Gasteiger partial charge in [-0.05, 0) is 17.5 Å². The van der Waals surface area contributed by atoms with Crippen molar-refractivity contribution in [2.45, 2.75) is 33.6 Å². The Labute approximate surface area is 96.7 Å². The van der Waals surface area contributed by atoms with E-state index in [9.17, 15) is 8.96 Å². The quantitative estimate of drug-likeness (QED) is 0.759. The molecule has 0 aromatic carbocycles. The maximum absolute atomic E-state index is 13.8. The average molecular weight is 243 g/mol. The molecule has 0 saturated carbocycles. The predicted molar refractivity (Wildman–Crippen MR) is 66.6 cm³/mol. The molecule has 1 aromatic heterocycles. The van der Waals surface area contributed by atoms with Crippen molar-refractivity contribution in [3.8, 4) is 0 Å². The highest BCUT2D eigenvalue weighted by Gasteiger charge is 2.25. The average Bonchev–Trinajstić information content (AvgIpc) is 2.27. The van der Waals surface area contributed by atoms with E-state index in [0.29, 0.717) is 12.3 Å². The Balaban J connectivity index is 3.22. The zero-order valence-corrected chi connectivity index (χ0v) is 11.2. The predicted octanol–water partition coefficient (Wildman–Crippen LogP) is 3.37. The van der Waals surface area contributed by atoms with E-state index in [1.165, 1.54) is 6.07 Å². The summed E-state index contributed by atoms with van der Waals surface area (Å²) in [6.07, 6.45) is 2.57. The van der Waals surface area contributed by atoms with Gasteiger partial charge in [0.05, 0.1) is 0 Å². The van der Waals surface area contributed by atoms with Gasteiger partial charge in [0.15, 0.2) is 5.82 Å². The van der Waals surface area contributed by atoms with Gasteiger partial charge < -0.3 is 4.57 Å². The number of hydrogen-bond donors (Lipinski definition) is 0. The second kappa shape index (κ2) is 5.09. The minimum absolute atomic E-state index is 0.168. The first-order chi connectivity index (χ1) is 7.44. The van der Waals surface area contributed by atoms with Gasteiger partial charge in [0.25, 0.3) is 0 Å². The van der Waals surface area contributed by atoms with Gasteiger partial charge in [-0.2, -0.15) is 0 Å². The summed E-state index contributed by atoms with van der Waals surface area (Å²) in [6.45, 7) is 7.61. The van der Waals surface area contributed by atoms with Crippen molar-refractivity contribution >= 4 is 12.6 Å². The van der Waals surface area contributed by atoms with Gasteiger partial charge in [-0.3, -0.25) is 0 Å². The van der Waals surface area contributed by atoms with Gasteiger partial charge in [-0.15, -0.1) is 0 Å². The van der Waals surface area contributed by atoms with E-state index in [2.05, 4.69) is 4.98 Å². The fourth-order valence-corrected chi connectivity index (χ4v) is 3.35. The van der Waals surface area contributed by atoms with Crippen LogP contribution in [-0.2, 0) is 4.57 Å². The lowest BCUT2D eigenvalue weighted by molar-refractivity contribution is 0.576. The summed E-state index contributed by atoms with van der Waals surface area (Å²) in [6, 6.07) is 1.46. The van der Waals surface area contributed by atoms with Crippen molar-refractivity contribution in [1.82, 2.24) is 4.98 Å². The Morgan fingerprint density at radius 3 is 2.31 bits per heavy atom. The lowest BCUT2D eigenvalue weighted by Gasteiger charge is -2.15. The number of nitrogens with zero attached hydrogens (tertiary/aromatic N) is 1. The number of rotatable bonds is 4. The Hall–Kier alpha value is -0.690. The molecule has 0 atom stereocenters. The largest absolute Gasteiger partial charge is 0.317 e. The van der Waals surface area contributed by atoms with Crippen molar-refractivity contribution in [2.75, 3.05) is 12.3 Å². The van der Waals surface area contributed by atoms with Crippen LogP contribution < -0.4 is 5.44 Å². The lowest BCUT2D eigenvalue weighted by Crippen LogP contribution is -2.18. The van der Waals surface area contributed by atoms with Gasteiger partial charge in [-0.25, -0.2) is 9.37 Å². The van der Waals surface area contributed by atoms with E-state index in [1.54, 1.807) is 6.20 Å². The molecule has 16 heavy (non-hydrogen) atoms. The van der Waals surface area contributed by atoms with Gasteiger partial charge in [0, 0.05) is 18.5 Å². The Morgan fingerprint density at radius 1 is 1.38 bits per heavy atom. The van der Waals surface area contributed by atoms with Gasteiger partial charge >= 0.3 is 0 Å². The number of pyridine rings is 1. The smallest absolute Gasteiger partial charge is 0.152 e. The molecule has 0 unspecified atom stereocenters. The van der Waals surface area contributed by atoms with E-state index >= 15 is 0 Å². The number of halogens is 1. The molecule has 4 heteroatoms. The molecule has 0 radical (unpaired) electrons. The fourth-order valence-electron chi connectivity index (χ4n) is 1.58. The van der Waals surface area contributed by atoms with Crippen LogP contribution in [0.4, 0.5) is 4.39 Å². The molecule has 0 fully saturated rings. The second-order valence-corrected chi connectivity index (χ2v) is 7.72. The third-order valence-electron chi connectivity index (χ3n) is 2.92. The van der Waals surface area contributed by atoms with Gasteiger partial charge in [-0.1, -0.05) is 27.7 Å². The van der Waals surface area contributed by atoms with Crippen LogP contribution in [0.5, 0.6) is 0 Å². The van der Waals surface area contributed by atoms with Crippen LogP contribution in [0.25, 0.3) is 0 Å². The van der Waals surface area contributed by atoms with Crippen molar-refractivity contribution < 1.29 is 8.96 Å². The van der Waals surface area contributed by atoms with E-state index in [1.807, 2.05) is 27.7 Å². The summed E-state index contributed by atoms with van der Waals surface area (Å²) >= 11 is 0. The van der Waals surface area contributed by atoms with Crippen molar-refractivity contribution in [3.05, 3.63) is 23.6 Å².